The van der Waals surface area contributed by atoms with Crippen molar-refractivity contribution in [2.75, 3.05) is 0 Å². The Morgan fingerprint density at radius 3 is 2.65 bits per heavy atom. The molecule has 0 spiro atoms. The number of halogens is 2. The molecule has 0 N–H and O–H groups in total. The molecule has 2 aliphatic rings. The molecule has 1 heterocycles. The molecule has 0 aliphatic heterocycles. The zero-order valence-electron chi connectivity index (χ0n) is 14.2. The lowest BCUT2D eigenvalue weighted by Crippen LogP contribution is -2.24. The van der Waals surface area contributed by atoms with E-state index < -0.39 is 6.17 Å². The Bertz CT molecular complexity index is 1070. The second kappa shape index (κ2) is 5.92. The highest BCUT2D eigenvalue weighted by molar-refractivity contribution is 6.32. The molecule has 1 aromatic heterocycles. The highest BCUT2D eigenvalue weighted by Gasteiger charge is 2.38. The van der Waals surface area contributed by atoms with Crippen LogP contribution in [0.3, 0.4) is 0 Å². The lowest BCUT2D eigenvalue weighted by Gasteiger charge is -2.15. The normalized spacial score (nSPS) is 21.9. The topological polar surface area (TPSA) is 34.9 Å². The summed E-state index contributed by atoms with van der Waals surface area (Å²) in [5.41, 5.74) is 3.02. The summed E-state index contributed by atoms with van der Waals surface area (Å²) in [5.74, 6) is 0.564. The quantitative estimate of drug-likeness (QED) is 0.662. The first-order valence-corrected chi connectivity index (χ1v) is 9.44. The molecule has 2 aliphatic carbocycles. The Kier molecular flexibility index (Phi) is 3.64. The van der Waals surface area contributed by atoms with E-state index in [1.54, 1.807) is 10.6 Å². The minimum atomic E-state index is -0.761. The first-order chi connectivity index (χ1) is 12.6. The Hall–Kier alpha value is -2.20. The number of hydrogen-bond acceptors (Lipinski definition) is 2. The average molecular weight is 369 g/mol. The van der Waals surface area contributed by atoms with Crippen molar-refractivity contribution in [2.24, 2.45) is 5.92 Å². The van der Waals surface area contributed by atoms with Crippen LogP contribution in [-0.4, -0.2) is 15.7 Å². The van der Waals surface area contributed by atoms with Crippen molar-refractivity contribution in [1.82, 2.24) is 9.55 Å². The maximum absolute atomic E-state index is 13.4. The van der Waals surface area contributed by atoms with Crippen LogP contribution in [0.4, 0.5) is 4.39 Å². The molecule has 5 heteroatoms. The van der Waals surface area contributed by atoms with Gasteiger partial charge in [-0.25, -0.2) is 9.18 Å². The Labute approximate surface area is 155 Å². The SMILES string of the molecule is O=c1nc(C[C@H]2C[C@H]2F)c2ccc(C3CC3)cc2n1-c1ccccc1Cl. The van der Waals surface area contributed by atoms with Crippen molar-refractivity contribution in [3.63, 3.8) is 0 Å². The number of fused-ring (bicyclic) bond motifs is 1. The summed E-state index contributed by atoms with van der Waals surface area (Å²) in [6.45, 7) is 0. The zero-order chi connectivity index (χ0) is 17.8. The Balaban J connectivity index is 1.76. The molecule has 26 heavy (non-hydrogen) atoms. The lowest BCUT2D eigenvalue weighted by atomic mass is 10.0. The Morgan fingerprint density at radius 2 is 1.96 bits per heavy atom. The van der Waals surface area contributed by atoms with Crippen molar-refractivity contribution in [2.45, 2.75) is 37.8 Å². The van der Waals surface area contributed by atoms with E-state index >= 15 is 0 Å². The molecule has 0 amide bonds. The van der Waals surface area contributed by atoms with E-state index in [2.05, 4.69) is 17.1 Å². The molecule has 0 saturated heterocycles. The predicted molar refractivity (Wildman–Crippen MR) is 101 cm³/mol. The van der Waals surface area contributed by atoms with Gasteiger partial charge in [0.2, 0.25) is 0 Å². The van der Waals surface area contributed by atoms with Gasteiger partial charge in [0.05, 0.1) is 21.9 Å². The van der Waals surface area contributed by atoms with Gasteiger partial charge in [-0.15, -0.1) is 0 Å². The third kappa shape index (κ3) is 2.73. The molecule has 132 valence electrons. The van der Waals surface area contributed by atoms with Gasteiger partial charge in [0.1, 0.15) is 6.17 Å². The van der Waals surface area contributed by atoms with Gasteiger partial charge >= 0.3 is 5.69 Å². The maximum Gasteiger partial charge on any atom is 0.352 e. The fourth-order valence-corrected chi connectivity index (χ4v) is 3.89. The number of benzene rings is 2. The third-order valence-electron chi connectivity index (χ3n) is 5.43. The number of alkyl halides is 1. The molecule has 0 unspecified atom stereocenters. The number of hydrogen-bond donors (Lipinski definition) is 0. The van der Waals surface area contributed by atoms with Crippen LogP contribution in [0.15, 0.2) is 47.3 Å². The highest BCUT2D eigenvalue weighted by atomic mass is 35.5. The summed E-state index contributed by atoms with van der Waals surface area (Å²) in [5, 5.41) is 1.42. The van der Waals surface area contributed by atoms with E-state index in [1.807, 2.05) is 24.3 Å². The number of rotatable bonds is 4. The minimum absolute atomic E-state index is 0.00984. The Morgan fingerprint density at radius 1 is 1.19 bits per heavy atom. The minimum Gasteiger partial charge on any atom is -0.259 e. The molecule has 2 fully saturated rings. The van der Waals surface area contributed by atoms with Crippen LogP contribution in [-0.2, 0) is 6.42 Å². The monoisotopic (exact) mass is 368 g/mol. The van der Waals surface area contributed by atoms with Gasteiger partial charge in [-0.1, -0.05) is 35.9 Å². The van der Waals surface area contributed by atoms with Crippen LogP contribution < -0.4 is 5.69 Å². The van der Waals surface area contributed by atoms with Crippen LogP contribution in [0.5, 0.6) is 0 Å². The van der Waals surface area contributed by atoms with Crippen molar-refractivity contribution in [3.8, 4) is 5.69 Å². The molecule has 2 aromatic carbocycles. The fraction of sp³-hybridized carbons (Fsp3) is 0.333. The number of aromatic nitrogens is 2. The first kappa shape index (κ1) is 16.0. The van der Waals surface area contributed by atoms with E-state index in [-0.39, 0.29) is 11.6 Å². The van der Waals surface area contributed by atoms with Gasteiger partial charge in [0.25, 0.3) is 0 Å². The van der Waals surface area contributed by atoms with Crippen molar-refractivity contribution in [3.05, 3.63) is 69.2 Å². The maximum atomic E-state index is 13.4. The molecule has 2 atom stereocenters. The molecule has 5 rings (SSSR count). The lowest BCUT2D eigenvalue weighted by molar-refractivity contribution is 0.444. The van der Waals surface area contributed by atoms with Gasteiger partial charge in [-0.05, 0) is 61.3 Å². The predicted octanol–water partition coefficient (Wildman–Crippen LogP) is 4.82. The molecule has 3 nitrogen and oxygen atoms in total. The van der Waals surface area contributed by atoms with Crippen LogP contribution in [0, 0.1) is 5.92 Å². The van der Waals surface area contributed by atoms with Crippen LogP contribution in [0.25, 0.3) is 16.6 Å². The molecular formula is C21H18ClFN2O. The summed E-state index contributed by atoms with van der Waals surface area (Å²) in [6, 6.07) is 13.5. The molecule has 0 bridgehead atoms. The standard InChI is InChI=1S/C21H18ClFN2O/c22-16-3-1-2-4-19(16)25-20-11-13(12-5-6-12)7-8-15(20)18(24-21(25)26)10-14-9-17(14)23/h1-4,7-8,11-12,14,17H,5-6,9-10H2/t14-,17-/m1/s1. The van der Waals surface area contributed by atoms with E-state index in [9.17, 15) is 9.18 Å². The fourth-order valence-electron chi connectivity index (χ4n) is 3.67. The van der Waals surface area contributed by atoms with E-state index in [4.69, 9.17) is 11.6 Å². The van der Waals surface area contributed by atoms with Gasteiger partial charge in [0, 0.05) is 5.39 Å². The highest BCUT2D eigenvalue weighted by Crippen LogP contribution is 2.42. The van der Waals surface area contributed by atoms with Gasteiger partial charge in [-0.2, -0.15) is 4.98 Å². The van der Waals surface area contributed by atoms with E-state index in [0.29, 0.717) is 35.2 Å². The van der Waals surface area contributed by atoms with Crippen LogP contribution >= 0.6 is 11.6 Å². The summed E-state index contributed by atoms with van der Waals surface area (Å²) in [7, 11) is 0. The van der Waals surface area contributed by atoms with Crippen molar-refractivity contribution >= 4 is 22.5 Å². The summed E-state index contributed by atoms with van der Waals surface area (Å²) in [4.78, 5) is 17.2. The molecule has 3 aromatic rings. The average Bonchev–Trinajstić information content (AvgIpc) is 3.54. The summed E-state index contributed by atoms with van der Waals surface area (Å²) < 4.78 is 15.0. The molecule has 2 saturated carbocycles. The van der Waals surface area contributed by atoms with Crippen LogP contribution in [0.2, 0.25) is 5.02 Å². The summed E-state index contributed by atoms with van der Waals surface area (Å²) in [6.07, 6.45) is 2.69. The largest absolute Gasteiger partial charge is 0.352 e. The van der Waals surface area contributed by atoms with E-state index in [0.717, 1.165) is 10.9 Å². The third-order valence-corrected chi connectivity index (χ3v) is 5.75. The second-order valence-electron chi connectivity index (χ2n) is 7.39. The smallest absolute Gasteiger partial charge is 0.259 e. The first-order valence-electron chi connectivity index (χ1n) is 9.06. The summed E-state index contributed by atoms with van der Waals surface area (Å²) >= 11 is 6.36. The van der Waals surface area contributed by atoms with Gasteiger partial charge in [0.15, 0.2) is 0 Å². The van der Waals surface area contributed by atoms with E-state index in [1.165, 1.54) is 18.4 Å². The van der Waals surface area contributed by atoms with Gasteiger partial charge < -0.3 is 0 Å². The van der Waals surface area contributed by atoms with Crippen molar-refractivity contribution < 1.29 is 4.39 Å². The zero-order valence-corrected chi connectivity index (χ0v) is 14.9. The van der Waals surface area contributed by atoms with Crippen molar-refractivity contribution in [1.29, 1.82) is 0 Å². The molecular weight excluding hydrogens is 351 g/mol. The second-order valence-corrected chi connectivity index (χ2v) is 7.80. The number of nitrogens with zero attached hydrogens (tertiary/aromatic N) is 2. The van der Waals surface area contributed by atoms with Crippen LogP contribution in [0.1, 0.15) is 36.4 Å². The molecule has 0 radical (unpaired) electrons. The number of para-hydroxylation sites is 1. The van der Waals surface area contributed by atoms with Gasteiger partial charge in [-0.3, -0.25) is 4.57 Å².